The van der Waals surface area contributed by atoms with Gasteiger partial charge in [0.25, 0.3) is 5.91 Å². The molecule has 126 valence electrons. The van der Waals surface area contributed by atoms with Gasteiger partial charge in [0.05, 0.1) is 6.04 Å². The Kier molecular flexibility index (Phi) is 5.10. The minimum absolute atomic E-state index is 0.00362. The van der Waals surface area contributed by atoms with Gasteiger partial charge in [-0.05, 0) is 73.6 Å². The van der Waals surface area contributed by atoms with Gasteiger partial charge in [0.2, 0.25) is 0 Å². The Balaban J connectivity index is 1.55. The highest BCUT2D eigenvalue weighted by Crippen LogP contribution is 2.25. The van der Waals surface area contributed by atoms with Crippen LogP contribution in [0.25, 0.3) is 0 Å². The Morgan fingerprint density at radius 2 is 2.00 bits per heavy atom. The predicted octanol–water partition coefficient (Wildman–Crippen LogP) is 4.39. The number of aryl methyl sites for hydroxylation is 3. The third-order valence-corrected chi connectivity index (χ3v) is 4.92. The van der Waals surface area contributed by atoms with E-state index >= 15 is 0 Å². The van der Waals surface area contributed by atoms with E-state index in [1.54, 1.807) is 12.1 Å². The minimum Gasteiger partial charge on any atom is -0.484 e. The van der Waals surface area contributed by atoms with Crippen molar-refractivity contribution in [2.75, 3.05) is 6.61 Å². The average Bonchev–Trinajstić information content (AvgIpc) is 3.03. The molecular weight excluding hydrogens is 322 g/mol. The van der Waals surface area contributed by atoms with Crippen LogP contribution in [0.2, 0.25) is 5.02 Å². The number of nitrogens with one attached hydrogen (secondary N) is 1. The van der Waals surface area contributed by atoms with Gasteiger partial charge in [0.1, 0.15) is 5.75 Å². The Morgan fingerprint density at radius 1 is 1.21 bits per heavy atom. The van der Waals surface area contributed by atoms with E-state index < -0.39 is 0 Å². The minimum atomic E-state index is -0.129. The van der Waals surface area contributed by atoms with Crippen LogP contribution in [0.3, 0.4) is 0 Å². The fourth-order valence-electron chi connectivity index (χ4n) is 3.08. The van der Waals surface area contributed by atoms with Gasteiger partial charge in [0, 0.05) is 5.02 Å². The number of rotatable bonds is 5. The summed E-state index contributed by atoms with van der Waals surface area (Å²) in [5.41, 5.74) is 4.94. The van der Waals surface area contributed by atoms with E-state index in [1.165, 1.54) is 24.0 Å². The molecule has 0 spiro atoms. The van der Waals surface area contributed by atoms with Crippen molar-refractivity contribution < 1.29 is 9.53 Å². The van der Waals surface area contributed by atoms with Crippen LogP contribution in [0.4, 0.5) is 0 Å². The first kappa shape index (κ1) is 16.8. The zero-order valence-corrected chi connectivity index (χ0v) is 14.8. The third kappa shape index (κ3) is 3.90. The quantitative estimate of drug-likeness (QED) is 0.874. The third-order valence-electron chi connectivity index (χ3n) is 4.50. The molecule has 0 aromatic heterocycles. The highest BCUT2D eigenvalue weighted by atomic mass is 35.5. The molecule has 0 bridgehead atoms. The van der Waals surface area contributed by atoms with Gasteiger partial charge in [-0.1, -0.05) is 29.8 Å². The average molecular weight is 344 g/mol. The fourth-order valence-corrected chi connectivity index (χ4v) is 3.20. The maximum Gasteiger partial charge on any atom is 0.258 e. The molecule has 0 saturated heterocycles. The summed E-state index contributed by atoms with van der Waals surface area (Å²) in [5.74, 6) is 0.521. The summed E-state index contributed by atoms with van der Waals surface area (Å²) >= 11 is 5.99. The van der Waals surface area contributed by atoms with Crippen LogP contribution >= 0.6 is 11.6 Å². The second-order valence-electron chi connectivity index (χ2n) is 6.37. The molecule has 24 heavy (non-hydrogen) atoms. The van der Waals surface area contributed by atoms with Crippen molar-refractivity contribution in [3.63, 3.8) is 0 Å². The molecule has 1 aliphatic carbocycles. The van der Waals surface area contributed by atoms with Gasteiger partial charge in [-0.2, -0.15) is 0 Å². The van der Waals surface area contributed by atoms with Crippen molar-refractivity contribution in [2.45, 2.75) is 39.2 Å². The number of carbonyl (C=O) groups excluding carboxylic acids is 1. The SMILES string of the molecule is Cc1cc(OCC(=O)NC(C)c2ccc3c(c2)CCC3)ccc1Cl. The molecule has 3 nitrogen and oxygen atoms in total. The second-order valence-corrected chi connectivity index (χ2v) is 6.78. The van der Waals surface area contributed by atoms with Gasteiger partial charge in [0.15, 0.2) is 6.61 Å². The summed E-state index contributed by atoms with van der Waals surface area (Å²) < 4.78 is 5.54. The molecule has 1 amide bonds. The van der Waals surface area contributed by atoms with Gasteiger partial charge < -0.3 is 10.1 Å². The van der Waals surface area contributed by atoms with Crippen LogP contribution in [0.5, 0.6) is 5.75 Å². The Hall–Kier alpha value is -2.00. The standard InChI is InChI=1S/C20H22ClNO2/c1-13-10-18(8-9-19(13)21)24-12-20(23)22-14(2)16-7-6-15-4-3-5-17(15)11-16/h6-11,14H,3-5,12H2,1-2H3,(H,22,23). The highest BCUT2D eigenvalue weighted by Gasteiger charge is 2.15. The first-order chi connectivity index (χ1) is 11.5. The largest absolute Gasteiger partial charge is 0.484 e. The van der Waals surface area contributed by atoms with Crippen LogP contribution in [0.15, 0.2) is 36.4 Å². The molecule has 0 saturated carbocycles. The van der Waals surface area contributed by atoms with Crippen molar-refractivity contribution in [1.82, 2.24) is 5.32 Å². The van der Waals surface area contributed by atoms with Crippen LogP contribution in [-0.4, -0.2) is 12.5 Å². The highest BCUT2D eigenvalue weighted by molar-refractivity contribution is 6.31. The number of benzene rings is 2. The molecule has 3 rings (SSSR count). The van der Waals surface area contributed by atoms with E-state index in [0.29, 0.717) is 10.8 Å². The Labute approximate surface area is 148 Å². The van der Waals surface area contributed by atoms with Crippen LogP contribution in [0, 0.1) is 6.92 Å². The van der Waals surface area contributed by atoms with E-state index in [0.717, 1.165) is 17.5 Å². The summed E-state index contributed by atoms with van der Waals surface area (Å²) in [7, 11) is 0. The van der Waals surface area contributed by atoms with Crippen molar-refractivity contribution in [3.8, 4) is 5.75 Å². The summed E-state index contributed by atoms with van der Waals surface area (Å²) in [6, 6.07) is 11.9. The molecule has 4 heteroatoms. The molecule has 1 atom stereocenters. The maximum absolute atomic E-state index is 12.1. The zero-order valence-electron chi connectivity index (χ0n) is 14.1. The fraction of sp³-hybridized carbons (Fsp3) is 0.350. The molecule has 1 unspecified atom stereocenters. The number of ether oxygens (including phenoxy) is 1. The Bertz CT molecular complexity index is 757. The molecule has 2 aromatic rings. The summed E-state index contributed by atoms with van der Waals surface area (Å²) in [6.07, 6.45) is 3.54. The lowest BCUT2D eigenvalue weighted by atomic mass is 10.0. The molecule has 0 radical (unpaired) electrons. The van der Waals surface area contributed by atoms with Crippen molar-refractivity contribution in [2.24, 2.45) is 0 Å². The number of hydrogen-bond donors (Lipinski definition) is 1. The Morgan fingerprint density at radius 3 is 2.79 bits per heavy atom. The van der Waals surface area contributed by atoms with Gasteiger partial charge in [-0.15, -0.1) is 0 Å². The smallest absolute Gasteiger partial charge is 0.258 e. The monoisotopic (exact) mass is 343 g/mol. The molecule has 1 N–H and O–H groups in total. The van der Waals surface area contributed by atoms with Crippen LogP contribution in [-0.2, 0) is 17.6 Å². The molecule has 0 heterocycles. The summed E-state index contributed by atoms with van der Waals surface area (Å²) in [4.78, 5) is 12.1. The van der Waals surface area contributed by atoms with Crippen molar-refractivity contribution in [3.05, 3.63) is 63.7 Å². The van der Waals surface area contributed by atoms with Gasteiger partial charge in [-0.25, -0.2) is 0 Å². The van der Waals surface area contributed by atoms with Gasteiger partial charge >= 0.3 is 0 Å². The van der Waals surface area contributed by atoms with Crippen LogP contribution in [0.1, 0.15) is 41.6 Å². The van der Waals surface area contributed by atoms with E-state index in [2.05, 4.69) is 23.5 Å². The topological polar surface area (TPSA) is 38.3 Å². The molecule has 0 aliphatic heterocycles. The number of hydrogen-bond acceptors (Lipinski definition) is 2. The van der Waals surface area contributed by atoms with E-state index in [4.69, 9.17) is 16.3 Å². The first-order valence-electron chi connectivity index (χ1n) is 8.33. The van der Waals surface area contributed by atoms with Crippen LogP contribution < -0.4 is 10.1 Å². The first-order valence-corrected chi connectivity index (χ1v) is 8.71. The van der Waals surface area contributed by atoms with E-state index in [1.807, 2.05) is 19.9 Å². The number of fused-ring (bicyclic) bond motifs is 1. The van der Waals surface area contributed by atoms with E-state index in [-0.39, 0.29) is 18.6 Å². The lowest BCUT2D eigenvalue weighted by Gasteiger charge is -2.16. The maximum atomic E-state index is 12.1. The molecule has 1 aliphatic rings. The summed E-state index contributed by atoms with van der Waals surface area (Å²) in [6.45, 7) is 3.91. The number of carbonyl (C=O) groups is 1. The lowest BCUT2D eigenvalue weighted by Crippen LogP contribution is -2.31. The summed E-state index contributed by atoms with van der Waals surface area (Å²) in [5, 5.41) is 3.69. The molecular formula is C20H22ClNO2. The van der Waals surface area contributed by atoms with E-state index in [9.17, 15) is 4.79 Å². The van der Waals surface area contributed by atoms with Crippen molar-refractivity contribution >= 4 is 17.5 Å². The van der Waals surface area contributed by atoms with Gasteiger partial charge in [-0.3, -0.25) is 4.79 Å². The number of halogens is 1. The number of amides is 1. The molecule has 2 aromatic carbocycles. The van der Waals surface area contributed by atoms with Crippen molar-refractivity contribution in [1.29, 1.82) is 0 Å². The molecule has 0 fully saturated rings. The predicted molar refractivity (Wildman–Crippen MR) is 96.7 cm³/mol. The lowest BCUT2D eigenvalue weighted by molar-refractivity contribution is -0.123. The normalized spacial score (nSPS) is 14.1. The zero-order chi connectivity index (χ0) is 17.1. The second kappa shape index (κ2) is 7.27.